The zero-order valence-electron chi connectivity index (χ0n) is 8.99. The smallest absolute Gasteiger partial charge is 0.303 e. The number of carboxylic acid groups (broad SMARTS) is 1. The van der Waals surface area contributed by atoms with Gasteiger partial charge in [-0.25, -0.2) is 13.1 Å². The van der Waals surface area contributed by atoms with Crippen molar-refractivity contribution in [3.8, 4) is 0 Å². The molecule has 0 aromatic heterocycles. The fourth-order valence-electron chi connectivity index (χ4n) is 1.36. The molecule has 1 saturated carbocycles. The summed E-state index contributed by atoms with van der Waals surface area (Å²) in [7, 11) is -3.30. The Balaban J connectivity index is 2.31. The van der Waals surface area contributed by atoms with Crippen molar-refractivity contribution in [2.24, 2.45) is 5.41 Å². The second-order valence-electron chi connectivity index (χ2n) is 4.68. The molecule has 6 heteroatoms. The second-order valence-corrected chi connectivity index (χ2v) is 6.55. The Morgan fingerprint density at radius 2 is 2.07 bits per heavy atom. The molecular formula is C9H17NO4S. The number of aliphatic carboxylic acids is 1. The summed E-state index contributed by atoms with van der Waals surface area (Å²) in [5.41, 5.74) is 0.0554. The maximum absolute atomic E-state index is 11.4. The van der Waals surface area contributed by atoms with E-state index in [1.807, 2.05) is 13.8 Å². The quantitative estimate of drug-likeness (QED) is 0.705. The molecule has 2 N–H and O–H groups in total. The summed E-state index contributed by atoms with van der Waals surface area (Å²) in [6.45, 7) is 3.99. The molecule has 1 rings (SSSR count). The normalized spacial score (nSPS) is 23.7. The molecule has 0 aliphatic heterocycles. The standard InChI is InChI=1S/C9H17NO4S/c1-9(2)6-7(9)10-15(13,14)5-3-4-8(11)12/h7,10H,3-6H2,1-2H3,(H,11,12). The minimum Gasteiger partial charge on any atom is -0.481 e. The SMILES string of the molecule is CC1(C)CC1NS(=O)(=O)CCCC(=O)O. The van der Waals surface area contributed by atoms with Gasteiger partial charge in [0.2, 0.25) is 10.0 Å². The van der Waals surface area contributed by atoms with E-state index in [1.54, 1.807) is 0 Å². The van der Waals surface area contributed by atoms with Crippen molar-refractivity contribution in [3.63, 3.8) is 0 Å². The molecule has 1 aliphatic carbocycles. The molecule has 0 saturated heterocycles. The lowest BCUT2D eigenvalue weighted by molar-refractivity contribution is -0.137. The van der Waals surface area contributed by atoms with Gasteiger partial charge in [0.1, 0.15) is 0 Å². The maximum Gasteiger partial charge on any atom is 0.303 e. The van der Waals surface area contributed by atoms with E-state index in [2.05, 4.69) is 4.72 Å². The van der Waals surface area contributed by atoms with E-state index in [0.717, 1.165) is 6.42 Å². The molecule has 0 bridgehead atoms. The highest BCUT2D eigenvalue weighted by atomic mass is 32.2. The van der Waals surface area contributed by atoms with Gasteiger partial charge in [0, 0.05) is 12.5 Å². The van der Waals surface area contributed by atoms with Gasteiger partial charge in [-0.2, -0.15) is 0 Å². The van der Waals surface area contributed by atoms with Crippen LogP contribution in [0, 0.1) is 5.41 Å². The zero-order chi connectivity index (χ0) is 11.7. The lowest BCUT2D eigenvalue weighted by atomic mass is 10.2. The van der Waals surface area contributed by atoms with Crippen LogP contribution in [0.3, 0.4) is 0 Å². The Hall–Kier alpha value is -0.620. The van der Waals surface area contributed by atoms with Crippen LogP contribution in [-0.2, 0) is 14.8 Å². The first-order valence-electron chi connectivity index (χ1n) is 4.95. The Morgan fingerprint density at radius 3 is 2.47 bits per heavy atom. The molecule has 0 aromatic rings. The highest BCUT2D eigenvalue weighted by Crippen LogP contribution is 2.44. The summed E-state index contributed by atoms with van der Waals surface area (Å²) in [5, 5.41) is 8.37. The fourth-order valence-corrected chi connectivity index (χ4v) is 2.84. The first-order chi connectivity index (χ1) is 6.73. The van der Waals surface area contributed by atoms with Gasteiger partial charge in [-0.3, -0.25) is 4.79 Å². The van der Waals surface area contributed by atoms with Crippen molar-refractivity contribution in [1.29, 1.82) is 0 Å². The summed E-state index contributed by atoms with van der Waals surface area (Å²) >= 11 is 0. The van der Waals surface area contributed by atoms with Crippen LogP contribution in [0.25, 0.3) is 0 Å². The third kappa shape index (κ3) is 4.17. The molecule has 1 aliphatic rings. The third-order valence-electron chi connectivity index (χ3n) is 2.64. The van der Waals surface area contributed by atoms with E-state index in [-0.39, 0.29) is 30.1 Å². The van der Waals surface area contributed by atoms with Crippen molar-refractivity contribution in [1.82, 2.24) is 4.72 Å². The van der Waals surface area contributed by atoms with Gasteiger partial charge >= 0.3 is 5.97 Å². The molecule has 5 nitrogen and oxygen atoms in total. The molecule has 1 atom stereocenters. The van der Waals surface area contributed by atoms with Gasteiger partial charge in [0.25, 0.3) is 0 Å². The highest BCUT2D eigenvalue weighted by molar-refractivity contribution is 7.89. The van der Waals surface area contributed by atoms with Crippen LogP contribution in [0.2, 0.25) is 0 Å². The maximum atomic E-state index is 11.4. The van der Waals surface area contributed by atoms with Crippen LogP contribution >= 0.6 is 0 Å². The van der Waals surface area contributed by atoms with Gasteiger partial charge in [0.05, 0.1) is 5.75 Å². The van der Waals surface area contributed by atoms with Crippen LogP contribution < -0.4 is 4.72 Å². The van der Waals surface area contributed by atoms with Gasteiger partial charge in [0.15, 0.2) is 0 Å². The number of hydrogen-bond donors (Lipinski definition) is 2. The number of carbonyl (C=O) groups is 1. The van der Waals surface area contributed by atoms with E-state index in [0.29, 0.717) is 0 Å². The Morgan fingerprint density at radius 1 is 1.53 bits per heavy atom. The molecule has 0 amide bonds. The zero-order valence-corrected chi connectivity index (χ0v) is 9.80. The van der Waals surface area contributed by atoms with Crippen LogP contribution in [0.4, 0.5) is 0 Å². The predicted octanol–water partition coefficient (Wildman–Crippen LogP) is 0.569. The van der Waals surface area contributed by atoms with Gasteiger partial charge < -0.3 is 5.11 Å². The summed E-state index contributed by atoms with van der Waals surface area (Å²) in [4.78, 5) is 10.2. The molecule has 1 unspecified atom stereocenters. The number of hydrogen-bond acceptors (Lipinski definition) is 3. The number of rotatable bonds is 6. The number of sulfonamides is 1. The summed E-state index contributed by atoms with van der Waals surface area (Å²) < 4.78 is 25.5. The minimum atomic E-state index is -3.30. The van der Waals surface area contributed by atoms with E-state index < -0.39 is 16.0 Å². The molecule has 1 fully saturated rings. The Bertz CT molecular complexity index is 347. The monoisotopic (exact) mass is 235 g/mol. The van der Waals surface area contributed by atoms with Crippen molar-refractivity contribution in [3.05, 3.63) is 0 Å². The average Bonchev–Trinajstić information content (AvgIpc) is 2.55. The summed E-state index contributed by atoms with van der Waals surface area (Å²) in [6, 6.07) is 0.0207. The third-order valence-corrected chi connectivity index (χ3v) is 4.11. The molecular weight excluding hydrogens is 218 g/mol. The molecule has 0 aromatic carbocycles. The van der Waals surface area contributed by atoms with E-state index in [4.69, 9.17) is 5.11 Å². The molecule has 0 heterocycles. The van der Waals surface area contributed by atoms with E-state index in [9.17, 15) is 13.2 Å². The first-order valence-corrected chi connectivity index (χ1v) is 6.60. The minimum absolute atomic E-state index is 0.0207. The lowest BCUT2D eigenvalue weighted by Gasteiger charge is -2.07. The highest BCUT2D eigenvalue weighted by Gasteiger charge is 2.47. The molecule has 88 valence electrons. The predicted molar refractivity (Wildman–Crippen MR) is 56.0 cm³/mol. The van der Waals surface area contributed by atoms with Gasteiger partial charge in [-0.05, 0) is 18.3 Å². The van der Waals surface area contributed by atoms with Crippen molar-refractivity contribution >= 4 is 16.0 Å². The van der Waals surface area contributed by atoms with Crippen molar-refractivity contribution < 1.29 is 18.3 Å². The summed E-state index contributed by atoms with van der Waals surface area (Å²) in [5.74, 6) is -1.07. The van der Waals surface area contributed by atoms with Crippen LogP contribution in [0.15, 0.2) is 0 Å². The lowest BCUT2D eigenvalue weighted by Crippen LogP contribution is -2.30. The number of nitrogens with one attached hydrogen (secondary N) is 1. The second kappa shape index (κ2) is 4.09. The largest absolute Gasteiger partial charge is 0.481 e. The Labute approximate surface area is 89.9 Å². The van der Waals surface area contributed by atoms with Crippen molar-refractivity contribution in [2.45, 2.75) is 39.2 Å². The Kier molecular flexibility index (Phi) is 3.40. The van der Waals surface area contributed by atoms with Crippen LogP contribution in [0.5, 0.6) is 0 Å². The van der Waals surface area contributed by atoms with Crippen LogP contribution in [0.1, 0.15) is 33.1 Å². The fraction of sp³-hybridized carbons (Fsp3) is 0.889. The molecule has 0 radical (unpaired) electrons. The van der Waals surface area contributed by atoms with Gasteiger partial charge in [-0.1, -0.05) is 13.8 Å². The van der Waals surface area contributed by atoms with Crippen LogP contribution in [-0.4, -0.2) is 31.3 Å². The topological polar surface area (TPSA) is 83.5 Å². The summed E-state index contributed by atoms with van der Waals surface area (Å²) in [6.07, 6.45) is 0.915. The van der Waals surface area contributed by atoms with E-state index >= 15 is 0 Å². The average molecular weight is 235 g/mol. The van der Waals surface area contributed by atoms with E-state index in [1.165, 1.54) is 0 Å². The molecule has 0 spiro atoms. The number of carboxylic acids is 1. The molecule has 15 heavy (non-hydrogen) atoms. The van der Waals surface area contributed by atoms with Crippen molar-refractivity contribution in [2.75, 3.05) is 5.75 Å². The first kappa shape index (κ1) is 12.4. The van der Waals surface area contributed by atoms with Gasteiger partial charge in [-0.15, -0.1) is 0 Å².